The fourth-order valence-electron chi connectivity index (χ4n) is 3.16. The predicted octanol–water partition coefficient (Wildman–Crippen LogP) is 4.86. The van der Waals surface area contributed by atoms with Crippen LogP contribution in [0.25, 0.3) is 0 Å². The Labute approximate surface area is 161 Å². The number of nitrogens with zero attached hydrogens (tertiary/aromatic N) is 2. The SMILES string of the molecule is Cc1ccc(N2C(=O)c3cccnc3[C@H]2Nc2c(F)c(F)c(F)c(F)c2F)cc1. The highest BCUT2D eigenvalue weighted by atomic mass is 19.2. The van der Waals surface area contributed by atoms with Crippen molar-refractivity contribution in [2.24, 2.45) is 0 Å². The molecule has 4 nitrogen and oxygen atoms in total. The first-order chi connectivity index (χ1) is 13.8. The highest BCUT2D eigenvalue weighted by Crippen LogP contribution is 2.38. The maximum Gasteiger partial charge on any atom is 0.262 e. The molecule has 0 aliphatic carbocycles. The molecule has 29 heavy (non-hydrogen) atoms. The largest absolute Gasteiger partial charge is 0.355 e. The summed E-state index contributed by atoms with van der Waals surface area (Å²) in [6, 6.07) is 9.61. The summed E-state index contributed by atoms with van der Waals surface area (Å²) in [5.74, 6) is -11.0. The van der Waals surface area contributed by atoms with E-state index >= 15 is 0 Å². The Bertz CT molecular complexity index is 1100. The third kappa shape index (κ3) is 2.89. The van der Waals surface area contributed by atoms with Gasteiger partial charge in [0.05, 0.1) is 11.3 Å². The number of aryl methyl sites for hydroxylation is 1. The summed E-state index contributed by atoms with van der Waals surface area (Å²) in [6.07, 6.45) is 0.0764. The van der Waals surface area contributed by atoms with Crippen LogP contribution in [-0.2, 0) is 0 Å². The van der Waals surface area contributed by atoms with E-state index in [9.17, 15) is 26.7 Å². The molecule has 2 aromatic carbocycles. The maximum atomic E-state index is 14.2. The summed E-state index contributed by atoms with van der Waals surface area (Å²) >= 11 is 0. The molecule has 9 heteroatoms. The number of pyridine rings is 1. The topological polar surface area (TPSA) is 45.2 Å². The Balaban J connectivity index is 1.86. The van der Waals surface area contributed by atoms with Crippen LogP contribution in [0.3, 0.4) is 0 Å². The van der Waals surface area contributed by atoms with Crippen molar-refractivity contribution >= 4 is 17.3 Å². The molecule has 1 atom stereocenters. The highest BCUT2D eigenvalue weighted by molar-refractivity contribution is 6.11. The molecule has 1 amide bonds. The minimum atomic E-state index is -2.26. The van der Waals surface area contributed by atoms with Gasteiger partial charge >= 0.3 is 0 Å². The molecule has 1 aromatic heterocycles. The first kappa shape index (κ1) is 18.9. The lowest BCUT2D eigenvalue weighted by atomic mass is 10.2. The zero-order valence-corrected chi connectivity index (χ0v) is 14.8. The number of carbonyl (C=O) groups excluding carboxylic acids is 1. The zero-order chi connectivity index (χ0) is 20.9. The van der Waals surface area contributed by atoms with Gasteiger partial charge in [0, 0.05) is 11.9 Å². The minimum absolute atomic E-state index is 0.0991. The zero-order valence-electron chi connectivity index (χ0n) is 14.8. The van der Waals surface area contributed by atoms with Gasteiger partial charge in [-0.25, -0.2) is 22.0 Å². The van der Waals surface area contributed by atoms with Crippen LogP contribution in [0.2, 0.25) is 0 Å². The van der Waals surface area contributed by atoms with E-state index in [0.717, 1.165) is 10.5 Å². The second kappa shape index (κ2) is 6.84. The molecule has 3 aromatic rings. The molecular formula is C20H12F5N3O. The van der Waals surface area contributed by atoms with E-state index in [-0.39, 0.29) is 11.3 Å². The van der Waals surface area contributed by atoms with E-state index in [2.05, 4.69) is 10.3 Å². The van der Waals surface area contributed by atoms with Gasteiger partial charge in [0.1, 0.15) is 5.69 Å². The summed E-state index contributed by atoms with van der Waals surface area (Å²) in [4.78, 5) is 18.1. The molecular weight excluding hydrogens is 393 g/mol. The number of rotatable bonds is 3. The van der Waals surface area contributed by atoms with Gasteiger partial charge in [0.15, 0.2) is 29.4 Å². The normalized spacial score (nSPS) is 15.6. The Morgan fingerprint density at radius 3 is 2.10 bits per heavy atom. The monoisotopic (exact) mass is 405 g/mol. The second-order valence-corrected chi connectivity index (χ2v) is 6.44. The average Bonchev–Trinajstić information content (AvgIpc) is 3.01. The fraction of sp³-hybridized carbons (Fsp3) is 0.100. The van der Waals surface area contributed by atoms with Gasteiger partial charge in [-0.15, -0.1) is 0 Å². The molecule has 0 fully saturated rings. The summed E-state index contributed by atoms with van der Waals surface area (Å²) in [6.45, 7) is 1.83. The summed E-state index contributed by atoms with van der Waals surface area (Å²) < 4.78 is 69.0. The third-order valence-corrected chi connectivity index (χ3v) is 4.61. The van der Waals surface area contributed by atoms with Crippen LogP contribution in [0.4, 0.5) is 33.3 Å². The van der Waals surface area contributed by atoms with Gasteiger partial charge in [-0.3, -0.25) is 14.7 Å². The van der Waals surface area contributed by atoms with Crippen molar-refractivity contribution in [2.75, 3.05) is 10.2 Å². The minimum Gasteiger partial charge on any atom is -0.355 e. The number of halogens is 5. The quantitative estimate of drug-likeness (QED) is 0.385. The molecule has 4 rings (SSSR count). The lowest BCUT2D eigenvalue weighted by Gasteiger charge is -2.27. The third-order valence-electron chi connectivity index (χ3n) is 4.61. The number of aromatic nitrogens is 1. The molecule has 1 aliphatic rings. The molecule has 0 radical (unpaired) electrons. The Morgan fingerprint density at radius 1 is 0.897 bits per heavy atom. The molecule has 0 saturated heterocycles. The fourth-order valence-corrected chi connectivity index (χ4v) is 3.16. The van der Waals surface area contributed by atoms with Crippen LogP contribution < -0.4 is 10.2 Å². The smallest absolute Gasteiger partial charge is 0.262 e. The van der Waals surface area contributed by atoms with E-state index in [1.54, 1.807) is 24.3 Å². The molecule has 1 aliphatic heterocycles. The number of nitrogens with one attached hydrogen (secondary N) is 1. The predicted molar refractivity (Wildman–Crippen MR) is 94.8 cm³/mol. The Morgan fingerprint density at radius 2 is 1.48 bits per heavy atom. The van der Waals surface area contributed by atoms with Crippen LogP contribution in [0.15, 0.2) is 42.6 Å². The van der Waals surface area contributed by atoms with Crippen LogP contribution in [0.1, 0.15) is 27.8 Å². The first-order valence-corrected chi connectivity index (χ1v) is 8.44. The van der Waals surface area contributed by atoms with E-state index in [0.29, 0.717) is 5.69 Å². The Hall–Kier alpha value is -3.49. The number of fused-ring (bicyclic) bond motifs is 1. The van der Waals surface area contributed by atoms with Crippen molar-refractivity contribution in [3.8, 4) is 0 Å². The van der Waals surface area contributed by atoms with E-state index in [1.165, 1.54) is 18.3 Å². The van der Waals surface area contributed by atoms with Crippen LogP contribution in [-0.4, -0.2) is 10.9 Å². The maximum absolute atomic E-state index is 14.2. The summed E-state index contributed by atoms with van der Waals surface area (Å²) in [7, 11) is 0. The Kier molecular flexibility index (Phi) is 4.45. The van der Waals surface area contributed by atoms with Crippen molar-refractivity contribution in [1.29, 1.82) is 0 Å². The number of anilines is 2. The van der Waals surface area contributed by atoms with Gasteiger partial charge in [-0.2, -0.15) is 0 Å². The number of amides is 1. The van der Waals surface area contributed by atoms with Gasteiger partial charge in [0.2, 0.25) is 5.82 Å². The van der Waals surface area contributed by atoms with Crippen molar-refractivity contribution in [1.82, 2.24) is 4.98 Å². The van der Waals surface area contributed by atoms with Crippen molar-refractivity contribution in [3.05, 3.63) is 88.5 Å². The van der Waals surface area contributed by atoms with E-state index in [1.807, 2.05) is 6.92 Å². The van der Waals surface area contributed by atoms with Crippen LogP contribution >= 0.6 is 0 Å². The van der Waals surface area contributed by atoms with Gasteiger partial charge in [-0.1, -0.05) is 17.7 Å². The lowest BCUT2D eigenvalue weighted by molar-refractivity contribution is 0.0993. The molecule has 0 saturated carbocycles. The second-order valence-electron chi connectivity index (χ2n) is 6.44. The summed E-state index contributed by atoms with van der Waals surface area (Å²) in [5.41, 5.74) is 0.270. The van der Waals surface area contributed by atoms with Crippen LogP contribution in [0.5, 0.6) is 0 Å². The van der Waals surface area contributed by atoms with Gasteiger partial charge in [-0.05, 0) is 31.2 Å². The summed E-state index contributed by atoms with van der Waals surface area (Å²) in [5, 5.41) is 2.28. The van der Waals surface area contributed by atoms with E-state index in [4.69, 9.17) is 0 Å². The van der Waals surface area contributed by atoms with Gasteiger partial charge < -0.3 is 5.32 Å². The van der Waals surface area contributed by atoms with Crippen molar-refractivity contribution in [3.63, 3.8) is 0 Å². The molecule has 0 bridgehead atoms. The number of hydrogen-bond donors (Lipinski definition) is 1. The van der Waals surface area contributed by atoms with Crippen molar-refractivity contribution in [2.45, 2.75) is 13.1 Å². The van der Waals surface area contributed by atoms with E-state index < -0.39 is 46.8 Å². The standard InChI is InChI=1S/C20H12F5N3O/c1-9-4-6-10(7-5-9)28-19(17-11(20(28)29)3-2-8-26-17)27-18-15(24)13(22)12(21)14(23)16(18)25/h2-8,19,27H,1H3/t19-/m0/s1. The molecule has 0 spiro atoms. The number of carbonyl (C=O) groups is 1. The highest BCUT2D eigenvalue weighted by Gasteiger charge is 2.40. The molecule has 0 unspecified atom stereocenters. The first-order valence-electron chi connectivity index (χ1n) is 8.44. The molecule has 2 heterocycles. The van der Waals surface area contributed by atoms with Crippen molar-refractivity contribution < 1.29 is 26.7 Å². The molecule has 148 valence electrons. The average molecular weight is 405 g/mol. The molecule has 1 N–H and O–H groups in total. The number of benzene rings is 2. The van der Waals surface area contributed by atoms with Gasteiger partial charge in [0.25, 0.3) is 5.91 Å². The lowest BCUT2D eigenvalue weighted by Crippen LogP contribution is -2.33. The number of hydrogen-bond acceptors (Lipinski definition) is 3. The van der Waals surface area contributed by atoms with Crippen LogP contribution in [0, 0.1) is 36.0 Å².